The van der Waals surface area contributed by atoms with Gasteiger partial charge >= 0.3 is 0 Å². The zero-order chi connectivity index (χ0) is 23.2. The highest BCUT2D eigenvalue weighted by molar-refractivity contribution is 5.84. The lowest BCUT2D eigenvalue weighted by Gasteiger charge is -2.22. The summed E-state index contributed by atoms with van der Waals surface area (Å²) in [6.45, 7) is 2.64. The summed E-state index contributed by atoms with van der Waals surface area (Å²) < 4.78 is 24.3. The van der Waals surface area contributed by atoms with Crippen LogP contribution in [0.5, 0.6) is 0 Å². The standard InChI is InChI=1S/C22H25FN6O4/c1-15-4-9-19(33-15)22-25-27-29(26-22)14-21(31)28(12-16-5-7-17(23)8-6-16)13-20(30)24-11-18-3-2-10-32-18/h4-9,18H,2-3,10-14H2,1H3,(H,24,30). The van der Waals surface area contributed by atoms with Crippen LogP contribution in [-0.2, 0) is 27.4 Å². The van der Waals surface area contributed by atoms with Gasteiger partial charge in [0.2, 0.25) is 17.6 Å². The number of halogens is 1. The molecular formula is C22H25FN6O4. The summed E-state index contributed by atoms with van der Waals surface area (Å²) in [6, 6.07) is 9.27. The van der Waals surface area contributed by atoms with Crippen molar-refractivity contribution in [2.75, 3.05) is 19.7 Å². The van der Waals surface area contributed by atoms with Gasteiger partial charge in [0, 0.05) is 19.7 Å². The molecule has 1 saturated heterocycles. The third kappa shape index (κ3) is 6.22. The second-order valence-corrected chi connectivity index (χ2v) is 7.87. The summed E-state index contributed by atoms with van der Waals surface area (Å²) in [4.78, 5) is 28.1. The monoisotopic (exact) mass is 456 g/mol. The molecule has 4 rings (SSSR count). The molecule has 0 radical (unpaired) electrons. The van der Waals surface area contributed by atoms with Crippen LogP contribution in [0.3, 0.4) is 0 Å². The lowest BCUT2D eigenvalue weighted by molar-refractivity contribution is -0.137. The predicted octanol–water partition coefficient (Wildman–Crippen LogP) is 1.70. The van der Waals surface area contributed by atoms with Crippen LogP contribution >= 0.6 is 0 Å². The van der Waals surface area contributed by atoms with Gasteiger partial charge in [0.1, 0.15) is 18.1 Å². The van der Waals surface area contributed by atoms with Crippen LogP contribution in [0.25, 0.3) is 11.6 Å². The molecule has 1 fully saturated rings. The zero-order valence-electron chi connectivity index (χ0n) is 18.2. The summed E-state index contributed by atoms with van der Waals surface area (Å²) in [5, 5.41) is 14.8. The smallest absolute Gasteiger partial charge is 0.247 e. The minimum Gasteiger partial charge on any atom is -0.458 e. The fourth-order valence-electron chi connectivity index (χ4n) is 3.49. The van der Waals surface area contributed by atoms with E-state index in [1.807, 2.05) is 0 Å². The number of hydrogen-bond donors (Lipinski definition) is 1. The number of tetrazole rings is 1. The van der Waals surface area contributed by atoms with Gasteiger partial charge in [-0.05, 0) is 54.8 Å². The van der Waals surface area contributed by atoms with Gasteiger partial charge in [-0.1, -0.05) is 12.1 Å². The molecule has 0 aliphatic carbocycles. The number of amides is 2. The Bertz CT molecular complexity index is 1090. The average Bonchev–Trinajstić information content (AvgIpc) is 3.55. The first-order valence-corrected chi connectivity index (χ1v) is 10.7. The summed E-state index contributed by atoms with van der Waals surface area (Å²) in [7, 11) is 0. The van der Waals surface area contributed by atoms with E-state index in [2.05, 4.69) is 20.7 Å². The number of nitrogens with one attached hydrogen (secondary N) is 1. The molecule has 174 valence electrons. The predicted molar refractivity (Wildman–Crippen MR) is 114 cm³/mol. The molecule has 10 nitrogen and oxygen atoms in total. The molecule has 1 aliphatic heterocycles. The molecule has 33 heavy (non-hydrogen) atoms. The number of rotatable bonds is 9. The Hall–Kier alpha value is -3.60. The van der Waals surface area contributed by atoms with Crippen LogP contribution in [0, 0.1) is 12.7 Å². The molecule has 1 unspecified atom stereocenters. The summed E-state index contributed by atoms with van der Waals surface area (Å²) in [5.41, 5.74) is 0.690. The maximum Gasteiger partial charge on any atom is 0.247 e. The molecule has 11 heteroatoms. The number of aromatic nitrogens is 4. The molecule has 1 atom stereocenters. The van der Waals surface area contributed by atoms with Gasteiger partial charge in [-0.3, -0.25) is 9.59 Å². The normalized spacial score (nSPS) is 15.5. The molecular weight excluding hydrogens is 431 g/mol. The van der Waals surface area contributed by atoms with E-state index in [0.29, 0.717) is 30.2 Å². The SMILES string of the molecule is Cc1ccc(-c2nnn(CC(=O)N(CC(=O)NCC3CCCO3)Cc3ccc(F)cc3)n2)o1. The van der Waals surface area contributed by atoms with Crippen molar-refractivity contribution in [3.8, 4) is 11.6 Å². The Morgan fingerprint density at radius 2 is 2.06 bits per heavy atom. The summed E-state index contributed by atoms with van der Waals surface area (Å²) in [6.07, 6.45) is 1.87. The molecule has 2 aromatic heterocycles. The molecule has 1 aliphatic rings. The van der Waals surface area contributed by atoms with E-state index in [1.54, 1.807) is 31.2 Å². The number of ether oxygens (including phenoxy) is 1. The lowest BCUT2D eigenvalue weighted by Crippen LogP contribution is -2.43. The fourth-order valence-corrected chi connectivity index (χ4v) is 3.49. The minimum atomic E-state index is -0.383. The number of aryl methyl sites for hydroxylation is 1. The van der Waals surface area contributed by atoms with E-state index < -0.39 is 0 Å². The van der Waals surface area contributed by atoms with Crippen LogP contribution < -0.4 is 5.32 Å². The number of hydrogen-bond acceptors (Lipinski definition) is 7. The molecule has 1 aromatic carbocycles. The highest BCUT2D eigenvalue weighted by Gasteiger charge is 2.22. The van der Waals surface area contributed by atoms with Gasteiger partial charge in [0.15, 0.2) is 5.76 Å². The van der Waals surface area contributed by atoms with Crippen molar-refractivity contribution in [1.82, 2.24) is 30.4 Å². The van der Waals surface area contributed by atoms with Crippen molar-refractivity contribution >= 4 is 11.8 Å². The Labute approximate surface area is 189 Å². The molecule has 3 aromatic rings. The lowest BCUT2D eigenvalue weighted by atomic mass is 10.2. The van der Waals surface area contributed by atoms with Crippen molar-refractivity contribution in [3.63, 3.8) is 0 Å². The van der Waals surface area contributed by atoms with Crippen molar-refractivity contribution < 1.29 is 23.1 Å². The number of carbonyl (C=O) groups is 2. The van der Waals surface area contributed by atoms with E-state index in [4.69, 9.17) is 9.15 Å². The van der Waals surface area contributed by atoms with E-state index in [1.165, 1.54) is 17.0 Å². The quantitative estimate of drug-likeness (QED) is 0.521. The van der Waals surface area contributed by atoms with Gasteiger partial charge < -0.3 is 19.4 Å². The van der Waals surface area contributed by atoms with E-state index >= 15 is 0 Å². The molecule has 1 N–H and O–H groups in total. The Morgan fingerprint density at radius 1 is 1.24 bits per heavy atom. The molecule has 2 amide bonds. The molecule has 0 bridgehead atoms. The molecule has 3 heterocycles. The first-order chi connectivity index (χ1) is 16.0. The van der Waals surface area contributed by atoms with E-state index in [-0.39, 0.29) is 49.2 Å². The average molecular weight is 456 g/mol. The topological polar surface area (TPSA) is 115 Å². The molecule has 0 spiro atoms. The Kier molecular flexibility index (Phi) is 7.08. The first-order valence-electron chi connectivity index (χ1n) is 10.7. The summed E-state index contributed by atoms with van der Waals surface area (Å²) >= 11 is 0. The molecule has 0 saturated carbocycles. The van der Waals surface area contributed by atoms with Crippen molar-refractivity contribution in [3.05, 3.63) is 53.5 Å². The van der Waals surface area contributed by atoms with Gasteiger partial charge in [0.25, 0.3) is 0 Å². The van der Waals surface area contributed by atoms with Crippen LogP contribution in [-0.4, -0.2) is 62.7 Å². The fraction of sp³-hybridized carbons (Fsp3) is 0.409. The number of benzene rings is 1. The highest BCUT2D eigenvalue weighted by atomic mass is 19.1. The minimum absolute atomic E-state index is 0.00166. The second-order valence-electron chi connectivity index (χ2n) is 7.87. The summed E-state index contributed by atoms with van der Waals surface area (Å²) in [5.74, 6) is 0.346. The Morgan fingerprint density at radius 3 is 2.76 bits per heavy atom. The second kappa shape index (κ2) is 10.3. The highest BCUT2D eigenvalue weighted by Crippen LogP contribution is 2.16. The van der Waals surface area contributed by atoms with Crippen molar-refractivity contribution in [1.29, 1.82) is 0 Å². The maximum atomic E-state index is 13.3. The maximum absolute atomic E-state index is 13.3. The van der Waals surface area contributed by atoms with Crippen LogP contribution in [0.15, 0.2) is 40.8 Å². The van der Waals surface area contributed by atoms with E-state index in [0.717, 1.165) is 17.6 Å². The van der Waals surface area contributed by atoms with Crippen molar-refractivity contribution in [2.45, 2.75) is 39.0 Å². The largest absolute Gasteiger partial charge is 0.458 e. The van der Waals surface area contributed by atoms with Crippen LogP contribution in [0.2, 0.25) is 0 Å². The Balaban J connectivity index is 1.42. The van der Waals surface area contributed by atoms with Gasteiger partial charge in [-0.2, -0.15) is 4.80 Å². The zero-order valence-corrected chi connectivity index (χ0v) is 18.2. The van der Waals surface area contributed by atoms with Gasteiger partial charge in [-0.25, -0.2) is 4.39 Å². The van der Waals surface area contributed by atoms with Crippen LogP contribution in [0.4, 0.5) is 4.39 Å². The number of carbonyl (C=O) groups excluding carboxylic acids is 2. The third-order valence-corrected chi connectivity index (χ3v) is 5.22. The van der Waals surface area contributed by atoms with Crippen molar-refractivity contribution in [2.24, 2.45) is 0 Å². The number of nitrogens with zero attached hydrogens (tertiary/aromatic N) is 5. The van der Waals surface area contributed by atoms with E-state index in [9.17, 15) is 14.0 Å². The third-order valence-electron chi connectivity index (χ3n) is 5.22. The van der Waals surface area contributed by atoms with Crippen LogP contribution in [0.1, 0.15) is 24.2 Å². The first kappa shape index (κ1) is 22.6. The number of furan rings is 1. The van der Waals surface area contributed by atoms with Gasteiger partial charge in [-0.15, -0.1) is 10.2 Å². The van der Waals surface area contributed by atoms with Gasteiger partial charge in [0.05, 0.1) is 12.6 Å².